The molecule has 102 valence electrons. The van der Waals surface area contributed by atoms with E-state index in [1.54, 1.807) is 0 Å². The molecule has 0 aliphatic heterocycles. The number of fused-ring (bicyclic) bond motifs is 2. The van der Waals surface area contributed by atoms with E-state index in [1.807, 2.05) is 43.6 Å². The van der Waals surface area contributed by atoms with Gasteiger partial charge in [-0.2, -0.15) is 8.75 Å². The quantitative estimate of drug-likeness (QED) is 0.562. The maximum atomic E-state index is 4.66. The van der Waals surface area contributed by atoms with E-state index in [0.717, 1.165) is 33.4 Å². The van der Waals surface area contributed by atoms with E-state index in [4.69, 9.17) is 0 Å². The molecular weight excluding hydrogens is 280 g/mol. The van der Waals surface area contributed by atoms with Gasteiger partial charge >= 0.3 is 0 Å². The number of aryl methyl sites for hydroxylation is 1. The lowest BCUT2D eigenvalue weighted by atomic mass is 10.1. The van der Waals surface area contributed by atoms with Gasteiger partial charge in [0.1, 0.15) is 11.0 Å². The zero-order valence-corrected chi connectivity index (χ0v) is 12.2. The van der Waals surface area contributed by atoms with E-state index in [1.165, 1.54) is 17.1 Å². The minimum Gasteiger partial charge on any atom is -0.361 e. The molecule has 0 radical (unpaired) electrons. The van der Waals surface area contributed by atoms with Crippen LogP contribution in [0.4, 0.5) is 5.69 Å². The summed E-state index contributed by atoms with van der Waals surface area (Å²) in [4.78, 5) is 7.91. The van der Waals surface area contributed by atoms with Crippen molar-refractivity contribution in [2.24, 2.45) is 4.99 Å². The van der Waals surface area contributed by atoms with Crippen LogP contribution in [0.5, 0.6) is 0 Å². The van der Waals surface area contributed by atoms with Crippen LogP contribution in [0.1, 0.15) is 11.1 Å². The van der Waals surface area contributed by atoms with Gasteiger partial charge in [0, 0.05) is 28.9 Å². The van der Waals surface area contributed by atoms with Crippen molar-refractivity contribution >= 4 is 45.6 Å². The predicted molar refractivity (Wildman–Crippen MR) is 87.7 cm³/mol. The topological polar surface area (TPSA) is 53.9 Å². The fourth-order valence-corrected chi connectivity index (χ4v) is 2.97. The van der Waals surface area contributed by atoms with Gasteiger partial charge in [-0.1, -0.05) is 24.3 Å². The molecule has 4 rings (SSSR count). The molecule has 4 nitrogen and oxygen atoms in total. The second-order valence-corrected chi connectivity index (χ2v) is 5.44. The number of aromatic amines is 1. The molecule has 0 spiro atoms. The molecular formula is C16H12N4S. The SMILES string of the molecule is Cc1ccc2nsnc2c1N=Cc1c[nH]c2ccccc12. The molecule has 1 N–H and O–H groups in total. The summed E-state index contributed by atoms with van der Waals surface area (Å²) in [5, 5.41) is 1.17. The van der Waals surface area contributed by atoms with Crippen molar-refractivity contribution in [1.29, 1.82) is 0 Å². The highest BCUT2D eigenvalue weighted by atomic mass is 32.1. The molecule has 4 aromatic rings. The second-order valence-electron chi connectivity index (χ2n) is 4.91. The average molecular weight is 292 g/mol. The van der Waals surface area contributed by atoms with E-state index >= 15 is 0 Å². The minimum absolute atomic E-state index is 0.871. The number of aromatic nitrogens is 3. The molecule has 0 aliphatic rings. The highest BCUT2D eigenvalue weighted by Crippen LogP contribution is 2.28. The summed E-state index contributed by atoms with van der Waals surface area (Å²) < 4.78 is 8.62. The van der Waals surface area contributed by atoms with Crippen LogP contribution in [-0.2, 0) is 0 Å². The first kappa shape index (κ1) is 12.2. The van der Waals surface area contributed by atoms with Gasteiger partial charge in [0.05, 0.1) is 17.4 Å². The van der Waals surface area contributed by atoms with Crippen LogP contribution in [0, 0.1) is 6.92 Å². The highest BCUT2D eigenvalue weighted by molar-refractivity contribution is 7.00. The molecule has 2 aromatic heterocycles. The van der Waals surface area contributed by atoms with Crippen LogP contribution in [0.15, 0.2) is 47.6 Å². The number of H-pyrrole nitrogens is 1. The van der Waals surface area contributed by atoms with Crippen molar-refractivity contribution in [3.05, 3.63) is 53.7 Å². The Kier molecular flexibility index (Phi) is 2.79. The summed E-state index contributed by atoms with van der Waals surface area (Å²) in [5.41, 5.74) is 5.96. The van der Waals surface area contributed by atoms with Crippen LogP contribution in [0.25, 0.3) is 21.9 Å². The number of aliphatic imine (C=N–C) groups is 1. The van der Waals surface area contributed by atoms with Crippen LogP contribution < -0.4 is 0 Å². The molecule has 0 bridgehead atoms. The molecule has 0 saturated heterocycles. The monoisotopic (exact) mass is 292 g/mol. The summed E-state index contributed by atoms with van der Waals surface area (Å²) in [6.07, 6.45) is 3.86. The summed E-state index contributed by atoms with van der Waals surface area (Å²) in [7, 11) is 0. The lowest BCUT2D eigenvalue weighted by molar-refractivity contribution is 1.41. The lowest BCUT2D eigenvalue weighted by Gasteiger charge is -1.99. The van der Waals surface area contributed by atoms with E-state index < -0.39 is 0 Å². The second kappa shape index (κ2) is 4.79. The Morgan fingerprint density at radius 1 is 1.14 bits per heavy atom. The van der Waals surface area contributed by atoms with Crippen LogP contribution >= 0.6 is 11.7 Å². The Balaban J connectivity index is 1.84. The summed E-state index contributed by atoms with van der Waals surface area (Å²) >= 11 is 1.22. The zero-order chi connectivity index (χ0) is 14.2. The van der Waals surface area contributed by atoms with Gasteiger partial charge < -0.3 is 4.98 Å². The van der Waals surface area contributed by atoms with Gasteiger partial charge in [0.15, 0.2) is 0 Å². The maximum absolute atomic E-state index is 4.66. The van der Waals surface area contributed by atoms with E-state index in [2.05, 4.69) is 30.9 Å². The van der Waals surface area contributed by atoms with Crippen molar-refractivity contribution in [3.63, 3.8) is 0 Å². The van der Waals surface area contributed by atoms with Gasteiger partial charge in [-0.15, -0.1) is 0 Å². The van der Waals surface area contributed by atoms with E-state index in [0.29, 0.717) is 0 Å². The fourth-order valence-electron chi connectivity index (χ4n) is 2.44. The zero-order valence-electron chi connectivity index (χ0n) is 11.4. The summed E-state index contributed by atoms with van der Waals surface area (Å²) in [5.74, 6) is 0. The number of hydrogen-bond acceptors (Lipinski definition) is 4. The Labute approximate surface area is 125 Å². The molecule has 2 heterocycles. The first-order valence-electron chi connectivity index (χ1n) is 6.65. The van der Waals surface area contributed by atoms with Gasteiger partial charge in [0.2, 0.25) is 0 Å². The number of rotatable bonds is 2. The first-order chi connectivity index (χ1) is 10.3. The van der Waals surface area contributed by atoms with Crippen molar-refractivity contribution in [2.45, 2.75) is 6.92 Å². The molecule has 0 atom stereocenters. The lowest BCUT2D eigenvalue weighted by Crippen LogP contribution is -1.81. The van der Waals surface area contributed by atoms with Crippen LogP contribution in [0.2, 0.25) is 0 Å². The Morgan fingerprint density at radius 2 is 2.05 bits per heavy atom. The van der Waals surface area contributed by atoms with Gasteiger partial charge in [0.25, 0.3) is 0 Å². The molecule has 0 unspecified atom stereocenters. The van der Waals surface area contributed by atoms with Crippen molar-refractivity contribution in [2.75, 3.05) is 0 Å². The molecule has 0 saturated carbocycles. The number of para-hydroxylation sites is 1. The average Bonchev–Trinajstić information content (AvgIpc) is 3.13. The van der Waals surface area contributed by atoms with Crippen molar-refractivity contribution in [1.82, 2.24) is 13.7 Å². The maximum Gasteiger partial charge on any atom is 0.130 e. The molecule has 2 aromatic carbocycles. The molecule has 0 amide bonds. The summed E-state index contributed by atoms with van der Waals surface area (Å²) in [6, 6.07) is 12.2. The molecule has 0 aliphatic carbocycles. The van der Waals surface area contributed by atoms with Gasteiger partial charge in [-0.3, -0.25) is 4.99 Å². The third kappa shape index (κ3) is 2.02. The summed E-state index contributed by atoms with van der Waals surface area (Å²) in [6.45, 7) is 2.04. The van der Waals surface area contributed by atoms with Crippen LogP contribution in [0.3, 0.4) is 0 Å². The predicted octanol–water partition coefficient (Wildman–Crippen LogP) is 4.23. The van der Waals surface area contributed by atoms with E-state index in [-0.39, 0.29) is 0 Å². The molecule has 21 heavy (non-hydrogen) atoms. The first-order valence-corrected chi connectivity index (χ1v) is 7.38. The highest BCUT2D eigenvalue weighted by Gasteiger charge is 2.07. The number of nitrogens with zero attached hydrogens (tertiary/aromatic N) is 3. The van der Waals surface area contributed by atoms with Crippen LogP contribution in [-0.4, -0.2) is 19.9 Å². The number of nitrogens with one attached hydrogen (secondary N) is 1. The van der Waals surface area contributed by atoms with E-state index in [9.17, 15) is 0 Å². The normalized spacial score (nSPS) is 11.9. The Morgan fingerprint density at radius 3 is 3.00 bits per heavy atom. The number of hydrogen-bond donors (Lipinski definition) is 1. The third-order valence-corrected chi connectivity index (χ3v) is 4.10. The third-order valence-electron chi connectivity index (χ3n) is 3.56. The largest absolute Gasteiger partial charge is 0.361 e. The molecule has 0 fully saturated rings. The Hall–Kier alpha value is -2.53. The van der Waals surface area contributed by atoms with Crippen molar-refractivity contribution < 1.29 is 0 Å². The Bertz CT molecular complexity index is 965. The minimum atomic E-state index is 0.871. The van der Waals surface area contributed by atoms with Gasteiger partial charge in [-0.05, 0) is 24.6 Å². The van der Waals surface area contributed by atoms with Crippen molar-refractivity contribution in [3.8, 4) is 0 Å². The number of benzene rings is 2. The standard InChI is InChI=1S/C16H12N4S/c1-10-6-7-14-16(20-21-19-14)15(10)18-9-11-8-17-13-5-3-2-4-12(11)13/h2-9,17H,1H3. The van der Waals surface area contributed by atoms with Gasteiger partial charge in [-0.25, -0.2) is 0 Å². The molecule has 5 heteroatoms. The smallest absolute Gasteiger partial charge is 0.130 e. The fraction of sp³-hybridized carbons (Fsp3) is 0.0625.